The number of rotatable bonds is 2. The zero-order valence-electron chi connectivity index (χ0n) is 12.1. The van der Waals surface area contributed by atoms with Gasteiger partial charge >= 0.3 is 6.09 Å². The molecule has 0 bridgehead atoms. The Hall–Kier alpha value is -1.88. The molecule has 1 amide bonds. The molecular weight excluding hydrogens is 272 g/mol. The van der Waals surface area contributed by atoms with Crippen LogP contribution in [0.2, 0.25) is 0 Å². The molecule has 4 nitrogen and oxygen atoms in total. The molecule has 0 fully saturated rings. The van der Waals surface area contributed by atoms with Gasteiger partial charge in [-0.15, -0.1) is 11.3 Å². The zero-order chi connectivity index (χ0) is 14.8. The molecule has 0 aliphatic heterocycles. The number of nitrogens with one attached hydrogen (secondary N) is 1. The first-order valence-electron chi connectivity index (χ1n) is 6.36. The molecule has 1 N–H and O–H groups in total. The Morgan fingerprint density at radius 3 is 2.40 bits per heavy atom. The number of ether oxygens (including phenoxy) is 1. The van der Waals surface area contributed by atoms with E-state index < -0.39 is 11.7 Å². The van der Waals surface area contributed by atoms with E-state index in [0.29, 0.717) is 5.69 Å². The van der Waals surface area contributed by atoms with Crippen molar-refractivity contribution in [2.24, 2.45) is 0 Å². The molecule has 20 heavy (non-hydrogen) atoms. The summed E-state index contributed by atoms with van der Waals surface area (Å²) in [7, 11) is 0. The summed E-state index contributed by atoms with van der Waals surface area (Å²) in [5, 5.41) is 5.76. The molecule has 2 aromatic rings. The number of anilines is 1. The van der Waals surface area contributed by atoms with Gasteiger partial charge in [-0.25, -0.2) is 9.78 Å². The number of carbonyl (C=O) groups excluding carboxylic acids is 1. The van der Waals surface area contributed by atoms with Crippen LogP contribution in [0.15, 0.2) is 29.6 Å². The molecule has 5 heteroatoms. The lowest BCUT2D eigenvalue weighted by Crippen LogP contribution is -2.27. The van der Waals surface area contributed by atoms with Gasteiger partial charge in [0, 0.05) is 16.6 Å². The number of nitrogens with zero attached hydrogens (tertiary/aromatic N) is 1. The summed E-state index contributed by atoms with van der Waals surface area (Å²) in [5.74, 6) is 0. The van der Waals surface area contributed by atoms with E-state index in [-0.39, 0.29) is 0 Å². The van der Waals surface area contributed by atoms with E-state index >= 15 is 0 Å². The van der Waals surface area contributed by atoms with E-state index in [1.54, 1.807) is 11.3 Å². The monoisotopic (exact) mass is 290 g/mol. The summed E-state index contributed by atoms with van der Waals surface area (Å²) >= 11 is 1.62. The van der Waals surface area contributed by atoms with Crippen molar-refractivity contribution in [1.29, 1.82) is 0 Å². The molecule has 0 radical (unpaired) electrons. The number of amides is 1. The lowest BCUT2D eigenvalue weighted by molar-refractivity contribution is 0.0636. The SMILES string of the molecule is Cc1nc(-c2ccc(NC(=O)OC(C)(C)C)cc2)cs1. The standard InChI is InChI=1S/C15H18N2O2S/c1-10-16-13(9-20-10)11-5-7-12(8-6-11)17-14(18)19-15(2,3)4/h5-9H,1-4H3,(H,17,18). The van der Waals surface area contributed by atoms with Crippen LogP contribution in [0.5, 0.6) is 0 Å². The van der Waals surface area contributed by atoms with Crippen LogP contribution in [0, 0.1) is 6.92 Å². The maximum atomic E-state index is 11.6. The Morgan fingerprint density at radius 2 is 1.90 bits per heavy atom. The van der Waals surface area contributed by atoms with Crippen molar-refractivity contribution in [3.05, 3.63) is 34.7 Å². The van der Waals surface area contributed by atoms with Gasteiger partial charge in [-0.2, -0.15) is 0 Å². The fourth-order valence-corrected chi connectivity index (χ4v) is 2.26. The Morgan fingerprint density at radius 1 is 1.25 bits per heavy atom. The van der Waals surface area contributed by atoms with Crippen molar-refractivity contribution in [2.45, 2.75) is 33.3 Å². The topological polar surface area (TPSA) is 51.2 Å². The Kier molecular flexibility index (Phi) is 4.09. The molecule has 0 saturated heterocycles. The molecule has 0 unspecified atom stereocenters. The van der Waals surface area contributed by atoms with Crippen LogP contribution in [0.25, 0.3) is 11.3 Å². The van der Waals surface area contributed by atoms with Crippen molar-refractivity contribution in [1.82, 2.24) is 4.98 Å². The third-order valence-electron chi connectivity index (χ3n) is 2.44. The van der Waals surface area contributed by atoms with E-state index in [1.807, 2.05) is 57.3 Å². The highest BCUT2D eigenvalue weighted by Crippen LogP contribution is 2.23. The summed E-state index contributed by atoms with van der Waals surface area (Å²) in [6.45, 7) is 7.48. The van der Waals surface area contributed by atoms with Crippen LogP contribution in [-0.4, -0.2) is 16.7 Å². The van der Waals surface area contributed by atoms with E-state index in [1.165, 1.54) is 0 Å². The molecule has 0 aliphatic rings. The second-order valence-corrected chi connectivity index (χ2v) is 6.52. The largest absolute Gasteiger partial charge is 0.444 e. The second kappa shape index (κ2) is 5.63. The highest BCUT2D eigenvalue weighted by molar-refractivity contribution is 7.09. The number of benzene rings is 1. The van der Waals surface area contributed by atoms with Crippen LogP contribution in [0.4, 0.5) is 10.5 Å². The molecule has 0 spiro atoms. The van der Waals surface area contributed by atoms with Crippen molar-refractivity contribution >= 4 is 23.1 Å². The summed E-state index contributed by atoms with van der Waals surface area (Å²) < 4.78 is 5.20. The Bertz CT molecular complexity index is 597. The first-order chi connectivity index (χ1) is 9.33. The van der Waals surface area contributed by atoms with E-state index in [4.69, 9.17) is 4.74 Å². The quantitative estimate of drug-likeness (QED) is 0.888. The molecular formula is C15H18N2O2S. The second-order valence-electron chi connectivity index (χ2n) is 5.46. The summed E-state index contributed by atoms with van der Waals surface area (Å²) in [5.41, 5.74) is 2.19. The third-order valence-corrected chi connectivity index (χ3v) is 3.22. The third kappa shape index (κ3) is 4.06. The molecule has 0 saturated carbocycles. The highest BCUT2D eigenvalue weighted by Gasteiger charge is 2.16. The van der Waals surface area contributed by atoms with Gasteiger partial charge in [-0.1, -0.05) is 12.1 Å². The molecule has 1 heterocycles. The van der Waals surface area contributed by atoms with Gasteiger partial charge in [0.1, 0.15) is 5.60 Å². The Labute approximate surface area is 122 Å². The smallest absolute Gasteiger partial charge is 0.412 e. The number of hydrogen-bond donors (Lipinski definition) is 1. The zero-order valence-corrected chi connectivity index (χ0v) is 12.9. The molecule has 0 atom stereocenters. The van der Waals surface area contributed by atoms with Gasteiger partial charge in [0.15, 0.2) is 0 Å². The Balaban J connectivity index is 2.03. The minimum absolute atomic E-state index is 0.449. The van der Waals surface area contributed by atoms with Crippen LogP contribution in [0.3, 0.4) is 0 Å². The van der Waals surface area contributed by atoms with Crippen LogP contribution >= 0.6 is 11.3 Å². The van der Waals surface area contributed by atoms with Crippen LogP contribution in [0.1, 0.15) is 25.8 Å². The maximum absolute atomic E-state index is 11.6. The average Bonchev–Trinajstić information content (AvgIpc) is 2.74. The fourth-order valence-electron chi connectivity index (χ4n) is 1.64. The number of hydrogen-bond acceptors (Lipinski definition) is 4. The van der Waals surface area contributed by atoms with Crippen LogP contribution < -0.4 is 5.32 Å². The number of aryl methyl sites for hydroxylation is 1. The first kappa shape index (κ1) is 14.5. The molecule has 1 aromatic carbocycles. The van der Waals surface area contributed by atoms with E-state index in [0.717, 1.165) is 16.3 Å². The van der Waals surface area contributed by atoms with Gasteiger partial charge in [0.2, 0.25) is 0 Å². The maximum Gasteiger partial charge on any atom is 0.412 e. The van der Waals surface area contributed by atoms with Crippen molar-refractivity contribution < 1.29 is 9.53 Å². The number of carbonyl (C=O) groups is 1. The van der Waals surface area contributed by atoms with E-state index in [9.17, 15) is 4.79 Å². The lowest BCUT2D eigenvalue weighted by atomic mass is 10.1. The van der Waals surface area contributed by atoms with Crippen molar-refractivity contribution in [3.8, 4) is 11.3 Å². The van der Waals surface area contributed by atoms with Crippen molar-refractivity contribution in [2.75, 3.05) is 5.32 Å². The highest BCUT2D eigenvalue weighted by atomic mass is 32.1. The normalized spacial score (nSPS) is 11.2. The van der Waals surface area contributed by atoms with Gasteiger partial charge in [0.25, 0.3) is 0 Å². The van der Waals surface area contributed by atoms with Gasteiger partial charge in [0.05, 0.1) is 10.7 Å². The van der Waals surface area contributed by atoms with Crippen molar-refractivity contribution in [3.63, 3.8) is 0 Å². The fraction of sp³-hybridized carbons (Fsp3) is 0.333. The molecule has 2 rings (SSSR count). The molecule has 106 valence electrons. The van der Waals surface area contributed by atoms with Gasteiger partial charge < -0.3 is 4.74 Å². The minimum atomic E-state index is -0.498. The van der Waals surface area contributed by atoms with Gasteiger partial charge in [-0.05, 0) is 39.8 Å². The average molecular weight is 290 g/mol. The summed E-state index contributed by atoms with van der Waals surface area (Å²) in [4.78, 5) is 16.1. The lowest BCUT2D eigenvalue weighted by Gasteiger charge is -2.19. The molecule has 1 aromatic heterocycles. The summed E-state index contributed by atoms with van der Waals surface area (Å²) in [6.07, 6.45) is -0.449. The first-order valence-corrected chi connectivity index (χ1v) is 7.24. The number of aromatic nitrogens is 1. The van der Waals surface area contributed by atoms with E-state index in [2.05, 4.69) is 10.3 Å². The predicted octanol–water partition coefficient (Wildman–Crippen LogP) is 4.47. The minimum Gasteiger partial charge on any atom is -0.444 e. The van der Waals surface area contributed by atoms with Gasteiger partial charge in [-0.3, -0.25) is 5.32 Å². The molecule has 0 aliphatic carbocycles. The number of thiazole rings is 1. The van der Waals surface area contributed by atoms with Crippen LogP contribution in [-0.2, 0) is 4.74 Å². The predicted molar refractivity (Wildman–Crippen MR) is 82.1 cm³/mol. The summed E-state index contributed by atoms with van der Waals surface area (Å²) in [6, 6.07) is 7.55.